The lowest BCUT2D eigenvalue weighted by Crippen LogP contribution is -2.36. The van der Waals surface area contributed by atoms with E-state index in [1.54, 1.807) is 0 Å². The molecule has 0 saturated heterocycles. The van der Waals surface area contributed by atoms with Crippen LogP contribution in [0.15, 0.2) is 0 Å². The quantitative estimate of drug-likeness (QED) is 0.476. The van der Waals surface area contributed by atoms with Gasteiger partial charge in [-0.3, -0.25) is 14.9 Å². The topological polar surface area (TPSA) is 106 Å². The predicted molar refractivity (Wildman–Crippen MR) is 45.9 cm³/mol. The van der Waals surface area contributed by atoms with Gasteiger partial charge in [-0.15, -0.1) is 0 Å². The van der Waals surface area contributed by atoms with E-state index in [-0.39, 0.29) is 12.8 Å². The Morgan fingerprint density at radius 1 is 1.69 bits per heavy atom. The summed E-state index contributed by atoms with van der Waals surface area (Å²) < 4.78 is 0. The summed E-state index contributed by atoms with van der Waals surface area (Å²) in [7, 11) is 0. The molecule has 0 fully saturated rings. The second kappa shape index (κ2) is 4.18. The van der Waals surface area contributed by atoms with Crippen LogP contribution in [0, 0.1) is 10.1 Å². The number of aliphatic carboxylic acids is 1. The van der Waals surface area contributed by atoms with Gasteiger partial charge in [0.15, 0.2) is 0 Å². The smallest absolute Gasteiger partial charge is 0.320 e. The van der Waals surface area contributed by atoms with E-state index in [9.17, 15) is 14.9 Å². The van der Waals surface area contributed by atoms with Gasteiger partial charge in [-0.25, -0.2) is 0 Å². The van der Waals surface area contributed by atoms with Crippen LogP contribution in [0.2, 0.25) is 0 Å². The molecule has 0 bridgehead atoms. The van der Waals surface area contributed by atoms with E-state index in [1.807, 2.05) is 0 Å². The van der Waals surface area contributed by atoms with Gasteiger partial charge in [0.25, 0.3) is 0 Å². The monoisotopic (exact) mass is 190 g/mol. The van der Waals surface area contributed by atoms with Crippen molar-refractivity contribution in [2.75, 3.05) is 0 Å². The van der Waals surface area contributed by atoms with Crippen molar-refractivity contribution < 1.29 is 14.8 Å². The van der Waals surface area contributed by atoms with E-state index in [1.165, 1.54) is 13.8 Å². The number of nitro groups is 1. The number of nitrogens with zero attached hydrogens (tertiary/aromatic N) is 1. The zero-order chi connectivity index (χ0) is 10.6. The fraction of sp³-hybridized carbons (Fsp3) is 0.857. The van der Waals surface area contributed by atoms with Crippen LogP contribution < -0.4 is 5.73 Å². The zero-order valence-corrected chi connectivity index (χ0v) is 7.69. The average Bonchev–Trinajstić information content (AvgIpc) is 1.99. The first-order valence-electron chi connectivity index (χ1n) is 3.90. The SMILES string of the molecule is CC(C)(CC[C@H](N)C(=O)O)[N+](=O)[O-]. The van der Waals surface area contributed by atoms with E-state index < -0.39 is 22.5 Å². The van der Waals surface area contributed by atoms with Crippen LogP contribution in [0.5, 0.6) is 0 Å². The third-order valence-electron chi connectivity index (χ3n) is 1.88. The van der Waals surface area contributed by atoms with Crippen molar-refractivity contribution in [1.29, 1.82) is 0 Å². The Morgan fingerprint density at radius 2 is 2.15 bits per heavy atom. The molecule has 0 radical (unpaired) electrons. The second-order valence-corrected chi connectivity index (χ2v) is 3.55. The highest BCUT2D eigenvalue weighted by Gasteiger charge is 2.31. The van der Waals surface area contributed by atoms with Crippen LogP contribution in [0.25, 0.3) is 0 Å². The molecule has 76 valence electrons. The highest BCUT2D eigenvalue weighted by molar-refractivity contribution is 5.72. The van der Waals surface area contributed by atoms with Gasteiger partial charge in [-0.05, 0) is 6.42 Å². The van der Waals surface area contributed by atoms with Crippen molar-refractivity contribution in [3.05, 3.63) is 10.1 Å². The molecule has 0 aromatic rings. The first-order chi connectivity index (χ1) is 5.77. The summed E-state index contributed by atoms with van der Waals surface area (Å²) in [6, 6.07) is -1.01. The van der Waals surface area contributed by atoms with Gasteiger partial charge in [0.1, 0.15) is 6.04 Å². The number of carbonyl (C=O) groups is 1. The molecule has 0 heterocycles. The van der Waals surface area contributed by atoms with E-state index in [2.05, 4.69) is 0 Å². The molecule has 13 heavy (non-hydrogen) atoms. The van der Waals surface area contributed by atoms with Crippen molar-refractivity contribution in [2.24, 2.45) is 5.73 Å². The normalized spacial score (nSPS) is 13.8. The Bertz CT molecular complexity index is 215. The van der Waals surface area contributed by atoms with Crippen LogP contribution >= 0.6 is 0 Å². The fourth-order valence-corrected chi connectivity index (χ4v) is 0.723. The van der Waals surface area contributed by atoms with E-state index >= 15 is 0 Å². The molecule has 0 unspecified atom stereocenters. The van der Waals surface area contributed by atoms with Crippen LogP contribution in [-0.4, -0.2) is 27.6 Å². The molecule has 0 amide bonds. The van der Waals surface area contributed by atoms with Crippen LogP contribution in [0.1, 0.15) is 26.7 Å². The van der Waals surface area contributed by atoms with Crippen molar-refractivity contribution >= 4 is 5.97 Å². The minimum atomic E-state index is -1.13. The minimum Gasteiger partial charge on any atom is -0.480 e. The standard InChI is InChI=1S/C7H14N2O4/c1-7(2,9(12)13)4-3-5(8)6(10)11/h5H,3-4,8H2,1-2H3,(H,10,11)/t5-/m0/s1. The molecule has 0 saturated carbocycles. The molecular weight excluding hydrogens is 176 g/mol. The number of carboxylic acids is 1. The molecule has 0 aromatic carbocycles. The summed E-state index contributed by atoms with van der Waals surface area (Å²) >= 11 is 0. The van der Waals surface area contributed by atoms with Gasteiger partial charge in [0.2, 0.25) is 5.54 Å². The molecule has 1 atom stereocenters. The Labute approximate surface area is 75.9 Å². The van der Waals surface area contributed by atoms with Crippen molar-refractivity contribution in [3.63, 3.8) is 0 Å². The summed E-state index contributed by atoms with van der Waals surface area (Å²) in [5.41, 5.74) is 4.10. The molecule has 6 nitrogen and oxygen atoms in total. The van der Waals surface area contributed by atoms with Gasteiger partial charge >= 0.3 is 5.97 Å². The highest BCUT2D eigenvalue weighted by Crippen LogP contribution is 2.16. The zero-order valence-electron chi connectivity index (χ0n) is 7.69. The summed E-state index contributed by atoms with van der Waals surface area (Å²) in [5.74, 6) is -1.13. The maximum Gasteiger partial charge on any atom is 0.320 e. The predicted octanol–water partition coefficient (Wildman–Crippen LogP) is 0.234. The van der Waals surface area contributed by atoms with Gasteiger partial charge in [0, 0.05) is 25.2 Å². The number of carboxylic acid groups (broad SMARTS) is 1. The van der Waals surface area contributed by atoms with E-state index in [4.69, 9.17) is 10.8 Å². The Balaban J connectivity index is 4.02. The third kappa shape index (κ3) is 3.84. The summed E-state index contributed by atoms with van der Waals surface area (Å²) in [4.78, 5) is 20.3. The highest BCUT2D eigenvalue weighted by atomic mass is 16.6. The van der Waals surface area contributed by atoms with Crippen molar-refractivity contribution in [1.82, 2.24) is 0 Å². The first-order valence-corrected chi connectivity index (χ1v) is 3.90. The third-order valence-corrected chi connectivity index (χ3v) is 1.88. The number of rotatable bonds is 5. The van der Waals surface area contributed by atoms with Crippen molar-refractivity contribution in [2.45, 2.75) is 38.3 Å². The van der Waals surface area contributed by atoms with Gasteiger partial charge in [0.05, 0.1) is 0 Å². The number of hydrogen-bond donors (Lipinski definition) is 2. The Morgan fingerprint density at radius 3 is 2.46 bits per heavy atom. The molecule has 0 rings (SSSR count). The minimum absolute atomic E-state index is 0.114. The molecule has 0 aliphatic rings. The summed E-state index contributed by atoms with van der Waals surface area (Å²) in [6.45, 7) is 2.89. The lowest BCUT2D eigenvalue weighted by atomic mass is 9.97. The molecule has 0 aliphatic carbocycles. The van der Waals surface area contributed by atoms with E-state index in [0.717, 1.165) is 0 Å². The second-order valence-electron chi connectivity index (χ2n) is 3.55. The number of nitrogens with two attached hydrogens (primary N) is 1. The Kier molecular flexibility index (Phi) is 3.80. The molecule has 3 N–H and O–H groups in total. The molecule has 6 heteroatoms. The lowest BCUT2D eigenvalue weighted by molar-refractivity contribution is -0.561. The average molecular weight is 190 g/mol. The number of hydrogen-bond acceptors (Lipinski definition) is 4. The van der Waals surface area contributed by atoms with Gasteiger partial charge in [-0.1, -0.05) is 0 Å². The maximum absolute atomic E-state index is 10.4. The molecule has 0 spiro atoms. The molecular formula is C7H14N2O4. The maximum atomic E-state index is 10.4. The molecule has 0 aromatic heterocycles. The summed E-state index contributed by atoms with van der Waals surface area (Å²) in [5, 5.41) is 18.8. The van der Waals surface area contributed by atoms with Gasteiger partial charge < -0.3 is 10.8 Å². The molecule has 0 aliphatic heterocycles. The fourth-order valence-electron chi connectivity index (χ4n) is 0.723. The lowest BCUT2D eigenvalue weighted by Gasteiger charge is -2.16. The largest absolute Gasteiger partial charge is 0.480 e. The Hall–Kier alpha value is -1.17. The van der Waals surface area contributed by atoms with Crippen molar-refractivity contribution in [3.8, 4) is 0 Å². The summed E-state index contributed by atoms with van der Waals surface area (Å²) in [6.07, 6.45) is 0.275. The van der Waals surface area contributed by atoms with Crippen LogP contribution in [-0.2, 0) is 4.79 Å². The van der Waals surface area contributed by atoms with Gasteiger partial charge in [-0.2, -0.15) is 0 Å². The van der Waals surface area contributed by atoms with Crippen LogP contribution in [0.4, 0.5) is 0 Å². The first kappa shape index (κ1) is 11.8. The van der Waals surface area contributed by atoms with Crippen LogP contribution in [0.3, 0.4) is 0 Å². The van der Waals surface area contributed by atoms with E-state index in [0.29, 0.717) is 0 Å².